The van der Waals surface area contributed by atoms with Crippen LogP contribution in [0.3, 0.4) is 0 Å². The number of nitrogen functional groups attached to an aromatic ring is 2. The molecule has 70 valence electrons. The second-order valence-electron chi connectivity index (χ2n) is 3.19. The van der Waals surface area contributed by atoms with Crippen LogP contribution < -0.4 is 11.5 Å². The van der Waals surface area contributed by atoms with E-state index in [9.17, 15) is 0 Å². The first-order chi connectivity index (χ1) is 6.77. The molecule has 0 spiro atoms. The molecule has 3 aromatic rings. The molecule has 0 saturated carbocycles. The van der Waals surface area contributed by atoms with Crippen molar-refractivity contribution in [3.05, 3.63) is 22.9 Å². The highest BCUT2D eigenvalue weighted by Gasteiger charge is 2.09. The smallest absolute Gasteiger partial charge is 0.0510 e. The second kappa shape index (κ2) is 2.62. The molecule has 0 amide bonds. The molecule has 4 heteroatoms. The summed E-state index contributed by atoms with van der Waals surface area (Å²) in [4.78, 5) is 0. The van der Waals surface area contributed by atoms with Gasteiger partial charge < -0.3 is 11.5 Å². The first kappa shape index (κ1) is 8.08. The van der Waals surface area contributed by atoms with Gasteiger partial charge in [0.15, 0.2) is 0 Å². The van der Waals surface area contributed by atoms with Gasteiger partial charge in [0, 0.05) is 30.9 Å². The zero-order valence-electron chi connectivity index (χ0n) is 7.28. The molecule has 14 heavy (non-hydrogen) atoms. The fourth-order valence-corrected chi connectivity index (χ4v) is 3.42. The number of hydrogen-bond acceptors (Lipinski definition) is 4. The van der Waals surface area contributed by atoms with E-state index in [0.717, 1.165) is 22.1 Å². The quantitative estimate of drug-likeness (QED) is 0.611. The van der Waals surface area contributed by atoms with Crippen molar-refractivity contribution in [3.63, 3.8) is 0 Å². The SMILES string of the molecule is Nc1csc2ccc3scc(N)c3c12. The Balaban J connectivity index is 2.70. The number of anilines is 2. The van der Waals surface area contributed by atoms with Crippen molar-refractivity contribution in [1.82, 2.24) is 0 Å². The van der Waals surface area contributed by atoms with Crippen LogP contribution in [-0.4, -0.2) is 0 Å². The Hall–Kier alpha value is -1.26. The second-order valence-corrected chi connectivity index (χ2v) is 5.02. The molecule has 0 atom stereocenters. The molecule has 0 bridgehead atoms. The van der Waals surface area contributed by atoms with Gasteiger partial charge in [-0.2, -0.15) is 0 Å². The molecule has 0 radical (unpaired) electrons. The van der Waals surface area contributed by atoms with Crippen molar-refractivity contribution >= 4 is 54.2 Å². The summed E-state index contributed by atoms with van der Waals surface area (Å²) in [7, 11) is 0. The van der Waals surface area contributed by atoms with Crippen molar-refractivity contribution < 1.29 is 0 Å². The summed E-state index contributed by atoms with van der Waals surface area (Å²) in [6, 6.07) is 4.21. The van der Waals surface area contributed by atoms with Crippen molar-refractivity contribution in [2.75, 3.05) is 11.5 Å². The molecule has 3 rings (SSSR count). The number of fused-ring (bicyclic) bond motifs is 3. The lowest BCUT2D eigenvalue weighted by Crippen LogP contribution is -1.84. The normalized spacial score (nSPS) is 11.4. The van der Waals surface area contributed by atoms with E-state index in [1.807, 2.05) is 10.8 Å². The Labute approximate surface area is 88.8 Å². The van der Waals surface area contributed by atoms with Gasteiger partial charge in [-0.3, -0.25) is 0 Å². The maximum Gasteiger partial charge on any atom is 0.0510 e. The third-order valence-corrected chi connectivity index (χ3v) is 4.26. The molecule has 0 saturated heterocycles. The molecule has 2 heterocycles. The van der Waals surface area contributed by atoms with E-state index >= 15 is 0 Å². The predicted octanol–water partition coefficient (Wildman–Crippen LogP) is 3.28. The van der Waals surface area contributed by atoms with E-state index in [1.54, 1.807) is 22.7 Å². The number of benzene rings is 1. The molecule has 0 aliphatic carbocycles. The lowest BCUT2D eigenvalue weighted by atomic mass is 10.1. The van der Waals surface area contributed by atoms with Crippen LogP contribution in [0.25, 0.3) is 20.2 Å². The van der Waals surface area contributed by atoms with Crippen LogP contribution in [0.5, 0.6) is 0 Å². The van der Waals surface area contributed by atoms with Gasteiger partial charge in [-0.1, -0.05) is 0 Å². The van der Waals surface area contributed by atoms with Crippen LogP contribution >= 0.6 is 22.7 Å². The highest BCUT2D eigenvalue weighted by Crippen LogP contribution is 2.39. The van der Waals surface area contributed by atoms with Gasteiger partial charge in [-0.25, -0.2) is 0 Å². The zero-order valence-corrected chi connectivity index (χ0v) is 8.91. The van der Waals surface area contributed by atoms with E-state index < -0.39 is 0 Å². The average molecular weight is 220 g/mol. The Morgan fingerprint density at radius 3 is 1.64 bits per heavy atom. The number of rotatable bonds is 0. The van der Waals surface area contributed by atoms with Crippen LogP contribution in [0.2, 0.25) is 0 Å². The summed E-state index contributed by atoms with van der Waals surface area (Å²) in [5.74, 6) is 0. The van der Waals surface area contributed by atoms with Crippen LogP contribution in [0.4, 0.5) is 11.4 Å². The van der Waals surface area contributed by atoms with Gasteiger partial charge >= 0.3 is 0 Å². The Morgan fingerprint density at radius 2 is 1.21 bits per heavy atom. The van der Waals surface area contributed by atoms with Crippen LogP contribution in [0, 0.1) is 0 Å². The molecule has 1 aromatic carbocycles. The van der Waals surface area contributed by atoms with Crippen LogP contribution in [-0.2, 0) is 0 Å². The maximum atomic E-state index is 5.93. The van der Waals surface area contributed by atoms with Gasteiger partial charge in [0.2, 0.25) is 0 Å². The van der Waals surface area contributed by atoms with E-state index in [1.165, 1.54) is 9.40 Å². The molecule has 0 aliphatic heterocycles. The van der Waals surface area contributed by atoms with Gasteiger partial charge in [0.25, 0.3) is 0 Å². The first-order valence-corrected chi connectivity index (χ1v) is 5.95. The Kier molecular flexibility index (Phi) is 1.51. The molecular weight excluding hydrogens is 212 g/mol. The van der Waals surface area contributed by atoms with Crippen molar-refractivity contribution in [3.8, 4) is 0 Å². The zero-order chi connectivity index (χ0) is 9.71. The number of thiophene rings is 2. The van der Waals surface area contributed by atoms with E-state index in [4.69, 9.17) is 11.5 Å². The fourth-order valence-electron chi connectivity index (χ4n) is 1.71. The number of hydrogen-bond donors (Lipinski definition) is 2. The summed E-state index contributed by atoms with van der Waals surface area (Å²) in [5.41, 5.74) is 13.5. The fraction of sp³-hybridized carbons (Fsp3) is 0. The third kappa shape index (κ3) is 0.895. The highest BCUT2D eigenvalue weighted by molar-refractivity contribution is 7.20. The predicted molar refractivity (Wildman–Crippen MR) is 66.0 cm³/mol. The minimum absolute atomic E-state index is 0.834. The topological polar surface area (TPSA) is 52.0 Å². The molecule has 0 unspecified atom stereocenters. The standard InChI is InChI=1S/C10H8N2S2/c11-5-3-13-7-1-2-8-10(9(5)7)6(12)4-14-8/h1-4H,11-12H2. The molecule has 4 N–H and O–H groups in total. The molecular formula is C10H8N2S2. The van der Waals surface area contributed by atoms with Crippen molar-refractivity contribution in [2.45, 2.75) is 0 Å². The summed E-state index contributed by atoms with van der Waals surface area (Å²) in [6.07, 6.45) is 0. The van der Waals surface area contributed by atoms with Crippen LogP contribution in [0.15, 0.2) is 22.9 Å². The lowest BCUT2D eigenvalue weighted by Gasteiger charge is -1.96. The molecule has 0 aliphatic rings. The summed E-state index contributed by atoms with van der Waals surface area (Å²) in [6.45, 7) is 0. The van der Waals surface area contributed by atoms with Crippen molar-refractivity contribution in [2.24, 2.45) is 0 Å². The van der Waals surface area contributed by atoms with Crippen molar-refractivity contribution in [1.29, 1.82) is 0 Å². The van der Waals surface area contributed by atoms with Gasteiger partial charge in [-0.15, -0.1) is 22.7 Å². The highest BCUT2D eigenvalue weighted by atomic mass is 32.1. The summed E-state index contributed by atoms with van der Waals surface area (Å²) < 4.78 is 2.42. The average Bonchev–Trinajstić information content (AvgIpc) is 2.72. The molecule has 0 fully saturated rings. The monoisotopic (exact) mass is 220 g/mol. The van der Waals surface area contributed by atoms with Gasteiger partial charge in [-0.05, 0) is 12.1 Å². The lowest BCUT2D eigenvalue weighted by molar-refractivity contribution is 1.91. The van der Waals surface area contributed by atoms with Crippen LogP contribution in [0.1, 0.15) is 0 Å². The third-order valence-electron chi connectivity index (χ3n) is 2.33. The minimum Gasteiger partial charge on any atom is -0.398 e. The Bertz CT molecular complexity index is 566. The van der Waals surface area contributed by atoms with Gasteiger partial charge in [0.05, 0.1) is 11.4 Å². The van der Waals surface area contributed by atoms with E-state index in [2.05, 4.69) is 12.1 Å². The largest absolute Gasteiger partial charge is 0.398 e. The molecule has 2 nitrogen and oxygen atoms in total. The molecule has 2 aromatic heterocycles. The minimum atomic E-state index is 0.834. The first-order valence-electron chi connectivity index (χ1n) is 4.20. The number of nitrogens with two attached hydrogens (primary N) is 2. The summed E-state index contributed by atoms with van der Waals surface area (Å²) in [5, 5.41) is 6.18. The van der Waals surface area contributed by atoms with E-state index in [-0.39, 0.29) is 0 Å². The maximum absolute atomic E-state index is 5.93. The summed E-state index contributed by atoms with van der Waals surface area (Å²) >= 11 is 3.33. The van der Waals surface area contributed by atoms with Gasteiger partial charge in [0.1, 0.15) is 0 Å². The van der Waals surface area contributed by atoms with E-state index in [0.29, 0.717) is 0 Å². The Morgan fingerprint density at radius 1 is 0.786 bits per heavy atom.